The van der Waals surface area contributed by atoms with Crippen molar-refractivity contribution in [3.05, 3.63) is 102 Å². The zero-order chi connectivity index (χ0) is 31.9. The second-order valence-electron chi connectivity index (χ2n) is 12.2. The van der Waals surface area contributed by atoms with Crippen molar-refractivity contribution < 1.29 is 22.3 Å². The van der Waals surface area contributed by atoms with Crippen LogP contribution in [0.4, 0.5) is 11.4 Å². The summed E-state index contributed by atoms with van der Waals surface area (Å²) >= 11 is 0.194. The van der Waals surface area contributed by atoms with Crippen molar-refractivity contribution in [3.63, 3.8) is 0 Å². The zero-order valence-electron chi connectivity index (χ0n) is 27.3. The van der Waals surface area contributed by atoms with E-state index in [1.165, 1.54) is 33.6 Å². The van der Waals surface area contributed by atoms with Crippen LogP contribution >= 0.6 is 20.2 Å². The quantitative estimate of drug-likeness (QED) is 0.103. The van der Waals surface area contributed by atoms with Crippen molar-refractivity contribution in [3.8, 4) is 0 Å². The number of aryl methyl sites for hydroxylation is 1. The summed E-state index contributed by atoms with van der Waals surface area (Å²) in [5.41, 5.74) is 12.7. The molecule has 2 aromatic carbocycles. The molecule has 3 rings (SSSR count). The number of nitrogens with zero attached hydrogens (tertiary/aromatic N) is 3. The van der Waals surface area contributed by atoms with Gasteiger partial charge in [-0.05, 0) is 84.4 Å². The number of benzene rings is 2. The fourth-order valence-corrected chi connectivity index (χ4v) is 5.30. The first-order valence-corrected chi connectivity index (χ1v) is 17.7. The van der Waals surface area contributed by atoms with Gasteiger partial charge < -0.3 is 9.15 Å². The summed E-state index contributed by atoms with van der Waals surface area (Å²) in [6.45, 7) is 24.4. The van der Waals surface area contributed by atoms with Gasteiger partial charge in [-0.1, -0.05) is 91.8 Å². The Kier molecular flexibility index (Phi) is 13.7. The van der Waals surface area contributed by atoms with Gasteiger partial charge >= 0.3 is 33.3 Å². The Morgan fingerprint density at radius 2 is 0.905 bits per heavy atom. The summed E-state index contributed by atoms with van der Waals surface area (Å²) in [5, 5.41) is 0. The minimum absolute atomic E-state index is 0.194. The molecule has 0 N–H and O–H groups in total. The molecule has 0 aliphatic heterocycles. The molecule has 0 unspecified atom stereocenters. The van der Waals surface area contributed by atoms with Gasteiger partial charge in [0, 0.05) is 14.1 Å². The zero-order valence-corrected chi connectivity index (χ0v) is 29.9. The van der Waals surface area contributed by atoms with E-state index in [0.717, 1.165) is 28.4 Å². The normalized spacial score (nSPS) is 13.0. The molecule has 0 aliphatic rings. The monoisotopic (exact) mass is 649 g/mol. The third-order valence-corrected chi connectivity index (χ3v) is 7.75. The molecule has 0 aliphatic carbocycles. The minimum atomic E-state index is 0.194. The van der Waals surface area contributed by atoms with E-state index >= 15 is 0 Å². The van der Waals surface area contributed by atoms with Crippen molar-refractivity contribution in [2.45, 2.75) is 99.8 Å². The van der Waals surface area contributed by atoms with Gasteiger partial charge in [0.1, 0.15) is 22.8 Å². The maximum atomic E-state index is 5.19. The summed E-state index contributed by atoms with van der Waals surface area (Å²) in [7, 11) is 18.6. The second-order valence-corrected chi connectivity index (χ2v) is 14.0. The van der Waals surface area contributed by atoms with Gasteiger partial charge in [-0.25, -0.2) is 0 Å². The molecule has 1 heterocycles. The number of aromatic nitrogens is 1. The predicted molar refractivity (Wildman–Crippen MR) is 180 cm³/mol. The van der Waals surface area contributed by atoms with Crippen LogP contribution in [0.15, 0.2) is 48.5 Å². The Labute approximate surface area is 270 Å². The third kappa shape index (κ3) is 8.44. The van der Waals surface area contributed by atoms with Gasteiger partial charge in [0.25, 0.3) is 0 Å². The van der Waals surface area contributed by atoms with E-state index in [-0.39, 0.29) is 13.1 Å². The molecule has 230 valence electrons. The number of halogens is 2. The van der Waals surface area contributed by atoms with Gasteiger partial charge in [-0.2, -0.15) is 0 Å². The molecular weight excluding hydrogens is 601 g/mol. The first-order valence-electron chi connectivity index (χ1n) is 14.7. The van der Waals surface area contributed by atoms with E-state index in [4.69, 9.17) is 25.2 Å². The van der Waals surface area contributed by atoms with Crippen molar-refractivity contribution >= 4 is 43.0 Å². The predicted octanol–water partition coefficient (Wildman–Crippen LogP) is 11.1. The molecule has 3 nitrogen and oxygen atoms in total. The van der Waals surface area contributed by atoms with E-state index in [9.17, 15) is 0 Å². The van der Waals surface area contributed by atoms with E-state index < -0.39 is 0 Å². The molecule has 0 spiro atoms. The van der Waals surface area contributed by atoms with E-state index in [1.54, 1.807) is 0 Å². The Hall–Kier alpha value is -2.23. The molecule has 0 amide bonds. The van der Waals surface area contributed by atoms with E-state index in [1.807, 2.05) is 0 Å². The summed E-state index contributed by atoms with van der Waals surface area (Å²) in [6.07, 6.45) is 0. The number of hydrogen-bond donors (Lipinski definition) is 0. The van der Waals surface area contributed by atoms with E-state index in [2.05, 4.69) is 148 Å². The molecule has 0 saturated heterocycles. The van der Waals surface area contributed by atoms with Gasteiger partial charge in [-0.15, -0.1) is 0 Å². The first kappa shape index (κ1) is 36.0. The summed E-state index contributed by atoms with van der Waals surface area (Å²) in [5.74, 6) is 1.57. The number of pyridine rings is 1. The van der Waals surface area contributed by atoms with Gasteiger partial charge in [0.2, 0.25) is 0 Å². The number of hydrogen-bond acceptors (Lipinski definition) is 1. The molecule has 42 heavy (non-hydrogen) atoms. The summed E-state index contributed by atoms with van der Waals surface area (Å²) in [4.78, 5) is 5.19. The Bertz CT molecular complexity index is 1280. The third-order valence-electron chi connectivity index (χ3n) is 7.75. The molecule has 0 radical (unpaired) electrons. The van der Waals surface area contributed by atoms with Crippen LogP contribution in [0, 0.1) is 21.0 Å². The van der Waals surface area contributed by atoms with Gasteiger partial charge in [0.15, 0.2) is 0 Å². The Morgan fingerprint density at radius 1 is 0.643 bits per heavy atom. The van der Waals surface area contributed by atoms with Gasteiger partial charge in [-0.3, -0.25) is 4.98 Å². The molecule has 1 aromatic heterocycles. The fraction of sp³-hybridized carbons (Fsp3) is 0.417. The maximum absolute atomic E-state index is 5.19. The van der Waals surface area contributed by atoms with Crippen molar-refractivity contribution in [2.75, 3.05) is 0 Å². The average Bonchev–Trinajstić information content (AvgIpc) is 2.94. The molecule has 0 bridgehead atoms. The summed E-state index contributed by atoms with van der Waals surface area (Å²) < 4.78 is 4.19. The molecule has 6 heteroatoms. The van der Waals surface area contributed by atoms with Crippen molar-refractivity contribution in [1.82, 2.24) is 4.98 Å². The topological polar surface area (TPSA) is 18.9 Å². The fourth-order valence-electron chi connectivity index (χ4n) is 5.30. The number of rotatable bonds is 8. The van der Waals surface area contributed by atoms with Crippen LogP contribution in [0.3, 0.4) is 0 Å². The van der Waals surface area contributed by atoms with Crippen LogP contribution in [-0.4, -0.2) is 25.6 Å². The second kappa shape index (κ2) is 16.0. The van der Waals surface area contributed by atoms with Crippen LogP contribution in [0.1, 0.15) is 132 Å². The Morgan fingerprint density at radius 3 is 1.14 bits per heavy atom. The average molecular weight is 651 g/mol. The molecule has 0 saturated carbocycles. The molecule has 0 atom stereocenters. The van der Waals surface area contributed by atoms with Crippen LogP contribution in [-0.2, 0) is 13.1 Å². The first-order chi connectivity index (χ1) is 19.7. The van der Waals surface area contributed by atoms with Crippen LogP contribution in [0.2, 0.25) is 0 Å². The standard InChI is InChI=1S/C36H49N3.2ClH.Fe/c1-22(2)29-16-14-17-30(23(3)4)35(29)38(12)27(10)33-20-26(9)21-34(37-33)28(11)39(13)36-31(24(5)6)18-15-19-32(36)25(7)8;;;/h14-25H,12-13H2,1-11H3;2*1H;/q;;;+2/p-2. The van der Waals surface area contributed by atoms with Crippen LogP contribution < -0.4 is 0 Å². The molecule has 3 aromatic rings. The van der Waals surface area contributed by atoms with Crippen LogP contribution in [0.5, 0.6) is 0 Å². The molecular formula is C36H49Cl2FeN3. The molecule has 0 fully saturated rings. The SMILES string of the molecule is [CH2-][N+](=C(C)c1cc(C)cc(C(C)=[N+]([CH2-])c2c(C(C)C)cccc2C(C)C)n1)c1c(C(C)C)cccc1C(C)C.[Cl][Fe][Cl]. The van der Waals surface area contributed by atoms with E-state index in [0.29, 0.717) is 23.7 Å². The Balaban J connectivity index is 0.00000197. The van der Waals surface area contributed by atoms with Gasteiger partial charge in [0.05, 0.1) is 11.4 Å². The summed E-state index contributed by atoms with van der Waals surface area (Å²) in [6, 6.07) is 17.6. The van der Waals surface area contributed by atoms with Crippen LogP contribution in [0.25, 0.3) is 0 Å². The number of para-hydroxylation sites is 2. The van der Waals surface area contributed by atoms with Crippen molar-refractivity contribution in [2.24, 2.45) is 0 Å². The van der Waals surface area contributed by atoms with Crippen molar-refractivity contribution in [1.29, 1.82) is 0 Å².